The van der Waals surface area contributed by atoms with Crippen LogP contribution in [0.3, 0.4) is 0 Å². The summed E-state index contributed by atoms with van der Waals surface area (Å²) in [7, 11) is -3.80. The molecule has 1 amide bonds. The average Bonchev–Trinajstić information content (AvgIpc) is 3.25. The molecule has 1 aromatic rings. The first kappa shape index (κ1) is 16.0. The van der Waals surface area contributed by atoms with Gasteiger partial charge in [0.1, 0.15) is 0 Å². The van der Waals surface area contributed by atoms with Crippen molar-refractivity contribution in [1.82, 2.24) is 4.90 Å². The number of nitrogens with zero attached hydrogens (tertiary/aromatic N) is 1. The lowest BCUT2D eigenvalue weighted by Crippen LogP contribution is -2.46. The Bertz CT molecular complexity index is 610. The molecule has 1 aliphatic rings. The molecule has 0 aromatic heterocycles. The van der Waals surface area contributed by atoms with Crippen LogP contribution in [0.25, 0.3) is 0 Å². The third kappa shape index (κ3) is 2.36. The summed E-state index contributed by atoms with van der Waals surface area (Å²) in [4.78, 5) is 14.4. The molecule has 1 saturated carbocycles. The van der Waals surface area contributed by atoms with Crippen LogP contribution in [-0.4, -0.2) is 48.8 Å². The number of carbonyl (C=O) groups is 1. The van der Waals surface area contributed by atoms with Crippen molar-refractivity contribution in [2.45, 2.75) is 29.9 Å². The molecular formula is C15H21NO4S. The van der Waals surface area contributed by atoms with E-state index in [0.717, 1.165) is 0 Å². The van der Waals surface area contributed by atoms with E-state index in [2.05, 4.69) is 0 Å². The topological polar surface area (TPSA) is 74.7 Å². The zero-order chi connectivity index (χ0) is 15.7. The third-order valence-electron chi connectivity index (χ3n) is 4.22. The highest BCUT2D eigenvalue weighted by Gasteiger charge is 2.69. The van der Waals surface area contributed by atoms with E-state index in [1.165, 1.54) is 17.0 Å². The smallest absolute Gasteiger partial charge is 0.244 e. The van der Waals surface area contributed by atoms with E-state index >= 15 is 0 Å². The van der Waals surface area contributed by atoms with Gasteiger partial charge in [-0.1, -0.05) is 18.2 Å². The van der Waals surface area contributed by atoms with Gasteiger partial charge in [-0.2, -0.15) is 0 Å². The molecule has 0 unspecified atom stereocenters. The van der Waals surface area contributed by atoms with Crippen LogP contribution < -0.4 is 0 Å². The minimum Gasteiger partial charge on any atom is -0.396 e. The second kappa shape index (κ2) is 5.77. The summed E-state index contributed by atoms with van der Waals surface area (Å²) in [6, 6.07) is 8.00. The molecule has 2 rings (SSSR count). The van der Waals surface area contributed by atoms with E-state index < -0.39 is 26.4 Å². The Kier molecular flexibility index (Phi) is 4.39. The second-order valence-electron chi connectivity index (χ2n) is 5.27. The quantitative estimate of drug-likeness (QED) is 0.853. The van der Waals surface area contributed by atoms with Gasteiger partial charge in [0, 0.05) is 25.6 Å². The number of sulfone groups is 1. The maximum atomic E-state index is 12.9. The van der Waals surface area contributed by atoms with Gasteiger partial charge in [-0.25, -0.2) is 8.42 Å². The Morgan fingerprint density at radius 1 is 1.29 bits per heavy atom. The highest BCUT2D eigenvalue weighted by molar-refractivity contribution is 7.94. The summed E-state index contributed by atoms with van der Waals surface area (Å²) in [5.74, 6) is -0.911. The monoisotopic (exact) mass is 311 g/mol. The van der Waals surface area contributed by atoms with Gasteiger partial charge in [0.15, 0.2) is 14.6 Å². The maximum Gasteiger partial charge on any atom is 0.244 e. The highest BCUT2D eigenvalue weighted by Crippen LogP contribution is 2.53. The normalized spacial score (nSPS) is 24.6. The van der Waals surface area contributed by atoms with E-state index in [4.69, 9.17) is 0 Å². The molecule has 21 heavy (non-hydrogen) atoms. The summed E-state index contributed by atoms with van der Waals surface area (Å²) in [5.41, 5.74) is 0. The third-order valence-corrected chi connectivity index (χ3v) is 6.74. The largest absolute Gasteiger partial charge is 0.396 e. The summed E-state index contributed by atoms with van der Waals surface area (Å²) in [6.07, 6.45) is 0.191. The predicted molar refractivity (Wildman–Crippen MR) is 79.5 cm³/mol. The van der Waals surface area contributed by atoms with Crippen molar-refractivity contribution in [3.8, 4) is 0 Å². The molecule has 0 aliphatic heterocycles. The first-order valence-electron chi connectivity index (χ1n) is 7.15. The molecule has 1 aliphatic carbocycles. The van der Waals surface area contributed by atoms with E-state index in [-0.39, 0.29) is 17.9 Å². The summed E-state index contributed by atoms with van der Waals surface area (Å²) >= 11 is 0. The van der Waals surface area contributed by atoms with Crippen molar-refractivity contribution in [3.05, 3.63) is 30.3 Å². The molecule has 6 heteroatoms. The molecular weight excluding hydrogens is 290 g/mol. The van der Waals surface area contributed by atoms with Crippen molar-refractivity contribution >= 4 is 15.7 Å². The Labute approximate surface area is 125 Å². The number of amides is 1. The van der Waals surface area contributed by atoms with Crippen LogP contribution in [0.5, 0.6) is 0 Å². The van der Waals surface area contributed by atoms with Crippen LogP contribution in [0.4, 0.5) is 0 Å². The molecule has 0 saturated heterocycles. The Balaban J connectivity index is 2.48. The fourth-order valence-electron chi connectivity index (χ4n) is 2.81. The number of hydrogen-bond donors (Lipinski definition) is 1. The van der Waals surface area contributed by atoms with Crippen LogP contribution in [-0.2, 0) is 14.6 Å². The number of aliphatic hydroxyl groups excluding tert-OH is 1. The number of aliphatic hydroxyl groups is 1. The molecule has 0 bridgehead atoms. The van der Waals surface area contributed by atoms with Crippen molar-refractivity contribution in [2.24, 2.45) is 5.92 Å². The zero-order valence-corrected chi connectivity index (χ0v) is 13.1. The summed E-state index contributed by atoms with van der Waals surface area (Å²) in [5, 5.41) is 9.39. The lowest BCUT2D eigenvalue weighted by atomic mass is 10.2. The minimum atomic E-state index is -3.80. The SMILES string of the molecule is CCN(CC)C(=O)[C@@]1(S(=O)(=O)c2ccccc2)C[C@H]1CO. The maximum absolute atomic E-state index is 12.9. The van der Waals surface area contributed by atoms with Crippen molar-refractivity contribution in [2.75, 3.05) is 19.7 Å². The molecule has 1 N–H and O–H groups in total. The molecule has 1 fully saturated rings. The summed E-state index contributed by atoms with van der Waals surface area (Å²) in [6.45, 7) is 4.26. The van der Waals surface area contributed by atoms with Crippen LogP contribution in [0.2, 0.25) is 0 Å². The minimum absolute atomic E-state index is 0.140. The molecule has 1 aromatic carbocycles. The van der Waals surface area contributed by atoms with Gasteiger partial charge >= 0.3 is 0 Å². The molecule has 0 spiro atoms. The molecule has 5 nitrogen and oxygen atoms in total. The van der Waals surface area contributed by atoms with Gasteiger partial charge < -0.3 is 10.0 Å². The van der Waals surface area contributed by atoms with Gasteiger partial charge in [0.2, 0.25) is 5.91 Å². The highest BCUT2D eigenvalue weighted by atomic mass is 32.2. The fourth-order valence-corrected chi connectivity index (χ4v) is 5.04. The number of hydrogen-bond acceptors (Lipinski definition) is 4. The van der Waals surface area contributed by atoms with Gasteiger partial charge in [-0.3, -0.25) is 4.79 Å². The van der Waals surface area contributed by atoms with Crippen molar-refractivity contribution in [3.63, 3.8) is 0 Å². The van der Waals surface area contributed by atoms with Crippen LogP contribution in [0.15, 0.2) is 35.2 Å². The Morgan fingerprint density at radius 3 is 2.29 bits per heavy atom. The predicted octanol–water partition coefficient (Wildman–Crippen LogP) is 1.08. The van der Waals surface area contributed by atoms with Gasteiger partial charge in [0.05, 0.1) is 4.90 Å². The van der Waals surface area contributed by atoms with E-state index in [1.807, 2.05) is 13.8 Å². The lowest BCUT2D eigenvalue weighted by molar-refractivity contribution is -0.131. The van der Waals surface area contributed by atoms with Crippen molar-refractivity contribution < 1.29 is 18.3 Å². The van der Waals surface area contributed by atoms with Crippen LogP contribution in [0.1, 0.15) is 20.3 Å². The molecule has 2 atom stereocenters. The molecule has 116 valence electrons. The number of carbonyl (C=O) groups excluding carboxylic acids is 1. The first-order chi connectivity index (χ1) is 9.95. The first-order valence-corrected chi connectivity index (χ1v) is 8.63. The van der Waals surface area contributed by atoms with Crippen LogP contribution >= 0.6 is 0 Å². The molecule has 0 radical (unpaired) electrons. The average molecular weight is 311 g/mol. The van der Waals surface area contributed by atoms with E-state index in [1.54, 1.807) is 18.2 Å². The van der Waals surface area contributed by atoms with Crippen LogP contribution in [0, 0.1) is 5.92 Å². The van der Waals surface area contributed by atoms with E-state index in [0.29, 0.717) is 13.1 Å². The standard InChI is InChI=1S/C15H21NO4S/c1-3-16(4-2)14(18)15(10-12(15)11-17)21(19,20)13-8-6-5-7-9-13/h5-9,12,17H,3-4,10-11H2,1-2H3/t12-,15+/m0/s1. The number of rotatable bonds is 6. The summed E-state index contributed by atoms with van der Waals surface area (Å²) < 4.78 is 24.3. The van der Waals surface area contributed by atoms with Gasteiger partial charge in [-0.05, 0) is 32.4 Å². The Hall–Kier alpha value is -1.40. The number of benzene rings is 1. The van der Waals surface area contributed by atoms with E-state index in [9.17, 15) is 18.3 Å². The second-order valence-corrected chi connectivity index (χ2v) is 7.47. The van der Waals surface area contributed by atoms with Gasteiger partial charge in [-0.15, -0.1) is 0 Å². The van der Waals surface area contributed by atoms with Gasteiger partial charge in [0.25, 0.3) is 0 Å². The lowest BCUT2D eigenvalue weighted by Gasteiger charge is -2.26. The zero-order valence-electron chi connectivity index (χ0n) is 12.3. The fraction of sp³-hybridized carbons (Fsp3) is 0.533. The Morgan fingerprint density at radius 2 is 1.86 bits per heavy atom. The van der Waals surface area contributed by atoms with Crippen molar-refractivity contribution in [1.29, 1.82) is 0 Å². The molecule has 0 heterocycles.